The maximum absolute atomic E-state index is 13.5. The van der Waals surface area contributed by atoms with Crippen molar-refractivity contribution in [3.8, 4) is 0 Å². The molecule has 1 N–H and O–H groups in total. The van der Waals surface area contributed by atoms with Crippen LogP contribution in [0.2, 0.25) is 0 Å². The molecule has 0 amide bonds. The number of halogens is 1. The molecule has 2 rings (SSSR count). The van der Waals surface area contributed by atoms with Crippen molar-refractivity contribution in [2.75, 3.05) is 25.4 Å². The van der Waals surface area contributed by atoms with E-state index in [0.717, 1.165) is 30.2 Å². The van der Waals surface area contributed by atoms with Gasteiger partial charge in [0.15, 0.2) is 0 Å². The largest absolute Gasteiger partial charge is 0.396 e. The van der Waals surface area contributed by atoms with E-state index in [9.17, 15) is 4.39 Å². The summed E-state index contributed by atoms with van der Waals surface area (Å²) in [5, 5.41) is 9.09. The van der Waals surface area contributed by atoms with Crippen molar-refractivity contribution < 1.29 is 9.50 Å². The molecule has 1 unspecified atom stereocenters. The Kier molecular flexibility index (Phi) is 6.14. The van der Waals surface area contributed by atoms with Crippen molar-refractivity contribution in [1.82, 2.24) is 4.90 Å². The lowest BCUT2D eigenvalue weighted by Gasteiger charge is -2.35. The zero-order chi connectivity index (χ0) is 13.5. The standard InChI is InChI=1S/C15H22FNOS/c16-14-6-1-2-7-15(14)19-12-10-17-9-4-3-5-13(17)8-11-18/h1-2,6-7,13,18H,3-5,8-12H2. The summed E-state index contributed by atoms with van der Waals surface area (Å²) in [4.78, 5) is 3.19. The quantitative estimate of drug-likeness (QED) is 0.811. The molecule has 1 aliphatic rings. The van der Waals surface area contributed by atoms with E-state index in [-0.39, 0.29) is 12.4 Å². The van der Waals surface area contributed by atoms with Gasteiger partial charge in [0.05, 0.1) is 0 Å². The average Bonchev–Trinajstić information content (AvgIpc) is 2.43. The number of thioether (sulfide) groups is 1. The first-order valence-corrected chi connectivity index (χ1v) is 8.02. The van der Waals surface area contributed by atoms with E-state index >= 15 is 0 Å². The molecular weight excluding hydrogens is 261 g/mol. The van der Waals surface area contributed by atoms with E-state index in [1.807, 2.05) is 12.1 Å². The normalized spacial score (nSPS) is 20.6. The second-order valence-electron chi connectivity index (χ2n) is 4.98. The van der Waals surface area contributed by atoms with Gasteiger partial charge in [0.25, 0.3) is 0 Å². The highest BCUT2D eigenvalue weighted by atomic mass is 32.2. The molecule has 0 bridgehead atoms. The van der Waals surface area contributed by atoms with Crippen molar-refractivity contribution >= 4 is 11.8 Å². The second-order valence-corrected chi connectivity index (χ2v) is 6.11. The zero-order valence-electron chi connectivity index (χ0n) is 11.2. The molecule has 0 radical (unpaired) electrons. The zero-order valence-corrected chi connectivity index (χ0v) is 12.0. The Balaban J connectivity index is 1.79. The van der Waals surface area contributed by atoms with Crippen LogP contribution in [0, 0.1) is 5.82 Å². The number of aliphatic hydroxyl groups is 1. The molecule has 1 aliphatic heterocycles. The first-order valence-electron chi connectivity index (χ1n) is 7.03. The highest BCUT2D eigenvalue weighted by molar-refractivity contribution is 7.99. The van der Waals surface area contributed by atoms with E-state index in [1.165, 1.54) is 25.3 Å². The lowest BCUT2D eigenvalue weighted by molar-refractivity contribution is 0.126. The fraction of sp³-hybridized carbons (Fsp3) is 0.600. The molecule has 1 aromatic rings. The molecule has 1 fully saturated rings. The maximum Gasteiger partial charge on any atom is 0.136 e. The number of hydrogen-bond acceptors (Lipinski definition) is 3. The van der Waals surface area contributed by atoms with Crippen LogP contribution in [0.3, 0.4) is 0 Å². The number of aliphatic hydroxyl groups excluding tert-OH is 1. The molecular formula is C15H22FNOS. The number of rotatable bonds is 6. The fourth-order valence-electron chi connectivity index (χ4n) is 2.66. The Morgan fingerprint density at radius 1 is 1.32 bits per heavy atom. The van der Waals surface area contributed by atoms with Gasteiger partial charge in [0.2, 0.25) is 0 Å². The van der Waals surface area contributed by atoms with Crippen LogP contribution >= 0.6 is 11.8 Å². The lowest BCUT2D eigenvalue weighted by Crippen LogP contribution is -2.41. The Morgan fingerprint density at radius 2 is 2.16 bits per heavy atom. The van der Waals surface area contributed by atoms with Crippen LogP contribution in [0.4, 0.5) is 4.39 Å². The highest BCUT2D eigenvalue weighted by Crippen LogP contribution is 2.24. The van der Waals surface area contributed by atoms with Crippen LogP contribution in [0.5, 0.6) is 0 Å². The molecule has 1 atom stereocenters. The van der Waals surface area contributed by atoms with Gasteiger partial charge in [-0.1, -0.05) is 18.6 Å². The minimum atomic E-state index is -0.127. The van der Waals surface area contributed by atoms with Crippen LogP contribution in [0.25, 0.3) is 0 Å². The lowest BCUT2D eigenvalue weighted by atomic mass is 10.00. The monoisotopic (exact) mass is 283 g/mol. The summed E-state index contributed by atoms with van der Waals surface area (Å²) < 4.78 is 13.5. The molecule has 0 aliphatic carbocycles. The molecule has 4 heteroatoms. The number of nitrogens with zero attached hydrogens (tertiary/aromatic N) is 1. The molecule has 1 heterocycles. The van der Waals surface area contributed by atoms with Crippen LogP contribution in [0.15, 0.2) is 29.2 Å². The highest BCUT2D eigenvalue weighted by Gasteiger charge is 2.21. The predicted molar refractivity (Wildman–Crippen MR) is 78.0 cm³/mol. The molecule has 1 aromatic carbocycles. The van der Waals surface area contributed by atoms with Gasteiger partial charge in [-0.05, 0) is 37.9 Å². The van der Waals surface area contributed by atoms with Gasteiger partial charge in [0, 0.05) is 29.8 Å². The van der Waals surface area contributed by atoms with Crippen molar-refractivity contribution in [3.05, 3.63) is 30.1 Å². The summed E-state index contributed by atoms with van der Waals surface area (Å²) in [5.74, 6) is 0.779. The van der Waals surface area contributed by atoms with Gasteiger partial charge in [-0.15, -0.1) is 11.8 Å². The van der Waals surface area contributed by atoms with Crippen molar-refractivity contribution in [1.29, 1.82) is 0 Å². The maximum atomic E-state index is 13.5. The van der Waals surface area contributed by atoms with E-state index in [0.29, 0.717) is 6.04 Å². The summed E-state index contributed by atoms with van der Waals surface area (Å²) >= 11 is 1.58. The Morgan fingerprint density at radius 3 is 2.95 bits per heavy atom. The van der Waals surface area contributed by atoms with Gasteiger partial charge in [0.1, 0.15) is 5.82 Å². The van der Waals surface area contributed by atoms with Gasteiger partial charge in [-0.3, -0.25) is 4.90 Å². The number of piperidine rings is 1. The molecule has 0 saturated carbocycles. The number of likely N-dealkylation sites (tertiary alicyclic amines) is 1. The Labute approximate surface area is 119 Å². The summed E-state index contributed by atoms with van der Waals surface area (Å²) in [7, 11) is 0. The topological polar surface area (TPSA) is 23.5 Å². The molecule has 0 aromatic heterocycles. The molecule has 1 saturated heterocycles. The predicted octanol–water partition coefficient (Wildman–Crippen LogP) is 3.15. The summed E-state index contributed by atoms with van der Waals surface area (Å²) in [6.45, 7) is 2.35. The van der Waals surface area contributed by atoms with E-state index < -0.39 is 0 Å². The molecule has 106 valence electrons. The van der Waals surface area contributed by atoms with Crippen LogP contribution in [-0.4, -0.2) is 41.5 Å². The first-order chi connectivity index (χ1) is 9.31. The molecule has 2 nitrogen and oxygen atoms in total. The smallest absolute Gasteiger partial charge is 0.136 e. The fourth-order valence-corrected chi connectivity index (χ4v) is 3.59. The van der Waals surface area contributed by atoms with Crippen LogP contribution < -0.4 is 0 Å². The Hall–Kier alpha value is -0.580. The molecule has 0 spiro atoms. The third kappa shape index (κ3) is 4.48. The van der Waals surface area contributed by atoms with Gasteiger partial charge >= 0.3 is 0 Å². The van der Waals surface area contributed by atoms with Crippen LogP contribution in [0.1, 0.15) is 25.7 Å². The van der Waals surface area contributed by atoms with Gasteiger partial charge in [-0.25, -0.2) is 4.39 Å². The summed E-state index contributed by atoms with van der Waals surface area (Å²) in [5.41, 5.74) is 0. The van der Waals surface area contributed by atoms with E-state index in [4.69, 9.17) is 5.11 Å². The van der Waals surface area contributed by atoms with Gasteiger partial charge in [-0.2, -0.15) is 0 Å². The van der Waals surface area contributed by atoms with E-state index in [1.54, 1.807) is 17.8 Å². The second kappa shape index (κ2) is 7.88. The summed E-state index contributed by atoms with van der Waals surface area (Å²) in [6.07, 6.45) is 4.56. The average molecular weight is 283 g/mol. The number of benzene rings is 1. The van der Waals surface area contributed by atoms with Crippen molar-refractivity contribution in [3.63, 3.8) is 0 Å². The van der Waals surface area contributed by atoms with E-state index in [2.05, 4.69) is 4.90 Å². The first kappa shape index (κ1) is 14.8. The molecule has 19 heavy (non-hydrogen) atoms. The number of hydrogen-bond donors (Lipinski definition) is 1. The van der Waals surface area contributed by atoms with Crippen LogP contribution in [-0.2, 0) is 0 Å². The minimum Gasteiger partial charge on any atom is -0.396 e. The third-order valence-electron chi connectivity index (χ3n) is 3.68. The van der Waals surface area contributed by atoms with Crippen molar-refractivity contribution in [2.45, 2.75) is 36.6 Å². The summed E-state index contributed by atoms with van der Waals surface area (Å²) in [6, 6.07) is 7.46. The SMILES string of the molecule is OCCC1CCCCN1CCSc1ccccc1F. The minimum absolute atomic E-state index is 0.127. The third-order valence-corrected chi connectivity index (χ3v) is 4.71. The van der Waals surface area contributed by atoms with Crippen molar-refractivity contribution in [2.24, 2.45) is 0 Å². The van der Waals surface area contributed by atoms with Gasteiger partial charge < -0.3 is 5.11 Å². The Bertz CT molecular complexity index is 386.